The maximum absolute atomic E-state index is 13.2. The predicted molar refractivity (Wildman–Crippen MR) is 107 cm³/mol. The molecule has 1 N–H and O–H groups in total. The monoisotopic (exact) mass is 423 g/mol. The highest BCUT2D eigenvalue weighted by molar-refractivity contribution is 9.10. The standard InChI is InChI=1S/C22H18BrNO3/c1-3-27-22(26)17-12(2)24-20-15-6-4-5-7-16(15)21(25)19(20)18(17)13-8-10-14(23)11-9-13/h4-11,18,24H,3H2,1-2H3/t18-/m0/s1. The van der Waals surface area contributed by atoms with E-state index in [1.54, 1.807) is 6.92 Å². The highest BCUT2D eigenvalue weighted by atomic mass is 79.9. The van der Waals surface area contributed by atoms with Crippen LogP contribution in [0.25, 0.3) is 5.70 Å². The van der Waals surface area contributed by atoms with E-state index in [-0.39, 0.29) is 12.4 Å². The van der Waals surface area contributed by atoms with Crippen molar-refractivity contribution in [1.82, 2.24) is 5.32 Å². The van der Waals surface area contributed by atoms with Crippen LogP contribution in [-0.2, 0) is 9.53 Å². The molecule has 2 aromatic carbocycles. The summed E-state index contributed by atoms with van der Waals surface area (Å²) in [5, 5.41) is 3.29. The summed E-state index contributed by atoms with van der Waals surface area (Å²) in [7, 11) is 0. The third kappa shape index (κ3) is 2.82. The Hall–Kier alpha value is -2.66. The zero-order chi connectivity index (χ0) is 19.1. The Labute approximate surface area is 166 Å². The Morgan fingerprint density at radius 2 is 1.78 bits per heavy atom. The van der Waals surface area contributed by atoms with Crippen LogP contribution in [0.1, 0.15) is 41.3 Å². The molecule has 1 aliphatic heterocycles. The first-order valence-electron chi connectivity index (χ1n) is 8.81. The van der Waals surface area contributed by atoms with Crippen LogP contribution in [0.15, 0.2) is 69.8 Å². The third-order valence-corrected chi connectivity index (χ3v) is 5.48. The highest BCUT2D eigenvalue weighted by Gasteiger charge is 2.42. The molecule has 0 bridgehead atoms. The second kappa shape index (κ2) is 6.82. The number of ether oxygens (including phenoxy) is 1. The van der Waals surface area contributed by atoms with Gasteiger partial charge in [0.1, 0.15) is 0 Å². The fourth-order valence-corrected chi connectivity index (χ4v) is 4.06. The number of benzene rings is 2. The molecule has 0 radical (unpaired) electrons. The molecule has 5 heteroatoms. The molecule has 0 fully saturated rings. The Balaban J connectivity index is 1.92. The summed E-state index contributed by atoms with van der Waals surface area (Å²) in [6.07, 6.45) is 0. The number of dihydropyridines is 1. The Kier molecular flexibility index (Phi) is 4.48. The molecule has 4 nitrogen and oxygen atoms in total. The zero-order valence-corrected chi connectivity index (χ0v) is 16.6. The number of ketones is 1. The van der Waals surface area contributed by atoms with Gasteiger partial charge in [0.25, 0.3) is 0 Å². The minimum absolute atomic E-state index is 0.0460. The van der Waals surface area contributed by atoms with Gasteiger partial charge in [-0.3, -0.25) is 4.79 Å². The molecular formula is C22H18BrNO3. The molecular weight excluding hydrogens is 406 g/mol. The molecule has 136 valence electrons. The molecule has 0 aromatic heterocycles. The van der Waals surface area contributed by atoms with E-state index in [9.17, 15) is 9.59 Å². The summed E-state index contributed by atoms with van der Waals surface area (Å²) in [4.78, 5) is 26.0. The number of esters is 1. The first kappa shape index (κ1) is 17.7. The van der Waals surface area contributed by atoms with Crippen LogP contribution in [0, 0.1) is 0 Å². The lowest BCUT2D eigenvalue weighted by Crippen LogP contribution is -2.29. The average Bonchev–Trinajstić information content (AvgIpc) is 2.94. The summed E-state index contributed by atoms with van der Waals surface area (Å²) in [6.45, 7) is 3.91. The molecule has 4 rings (SSSR count). The molecule has 0 unspecified atom stereocenters. The number of carbonyl (C=O) groups is 2. The van der Waals surface area contributed by atoms with Gasteiger partial charge in [-0.2, -0.15) is 0 Å². The molecule has 1 aliphatic carbocycles. The van der Waals surface area contributed by atoms with Gasteiger partial charge in [-0.05, 0) is 31.5 Å². The van der Waals surface area contributed by atoms with Crippen LogP contribution in [0.4, 0.5) is 0 Å². The van der Waals surface area contributed by atoms with E-state index in [4.69, 9.17) is 4.74 Å². The number of nitrogens with one attached hydrogen (secondary N) is 1. The predicted octanol–water partition coefficient (Wildman–Crippen LogP) is 4.58. The van der Waals surface area contributed by atoms with Crippen LogP contribution in [0.3, 0.4) is 0 Å². The summed E-state index contributed by atoms with van der Waals surface area (Å²) in [5.74, 6) is -0.908. The van der Waals surface area contributed by atoms with Crippen LogP contribution in [0.2, 0.25) is 0 Å². The number of carbonyl (C=O) groups excluding carboxylic acids is 2. The molecule has 1 heterocycles. The lowest BCUT2D eigenvalue weighted by molar-refractivity contribution is -0.138. The fraction of sp³-hybridized carbons (Fsp3) is 0.182. The van der Waals surface area contributed by atoms with Gasteiger partial charge < -0.3 is 10.1 Å². The van der Waals surface area contributed by atoms with Crippen LogP contribution < -0.4 is 5.32 Å². The molecule has 0 amide bonds. The number of allylic oxidation sites excluding steroid dienone is 2. The number of rotatable bonds is 3. The lowest BCUT2D eigenvalue weighted by Gasteiger charge is -2.29. The maximum atomic E-state index is 13.2. The smallest absolute Gasteiger partial charge is 0.336 e. The van der Waals surface area contributed by atoms with E-state index < -0.39 is 11.9 Å². The van der Waals surface area contributed by atoms with Crippen molar-refractivity contribution in [3.8, 4) is 0 Å². The molecule has 0 saturated heterocycles. The number of Topliss-reactive ketones (excluding diaryl/α,β-unsaturated/α-hetero) is 1. The van der Waals surface area contributed by atoms with Gasteiger partial charge in [0.05, 0.1) is 17.9 Å². The van der Waals surface area contributed by atoms with E-state index in [2.05, 4.69) is 21.2 Å². The van der Waals surface area contributed by atoms with E-state index >= 15 is 0 Å². The van der Waals surface area contributed by atoms with E-state index in [1.165, 1.54) is 0 Å². The quantitative estimate of drug-likeness (QED) is 0.733. The summed E-state index contributed by atoms with van der Waals surface area (Å²) >= 11 is 3.45. The summed E-state index contributed by atoms with van der Waals surface area (Å²) < 4.78 is 6.25. The first-order valence-corrected chi connectivity index (χ1v) is 9.60. The zero-order valence-electron chi connectivity index (χ0n) is 15.0. The van der Waals surface area contributed by atoms with Gasteiger partial charge in [-0.15, -0.1) is 0 Å². The fourth-order valence-electron chi connectivity index (χ4n) is 3.80. The molecule has 27 heavy (non-hydrogen) atoms. The van der Waals surface area contributed by atoms with Crippen LogP contribution in [-0.4, -0.2) is 18.4 Å². The van der Waals surface area contributed by atoms with Gasteiger partial charge in [0.2, 0.25) is 0 Å². The van der Waals surface area contributed by atoms with Crippen molar-refractivity contribution in [2.45, 2.75) is 19.8 Å². The molecule has 0 spiro atoms. The highest BCUT2D eigenvalue weighted by Crippen LogP contribution is 2.46. The van der Waals surface area contributed by atoms with Gasteiger partial charge in [-0.25, -0.2) is 4.79 Å². The summed E-state index contributed by atoms with van der Waals surface area (Å²) in [6, 6.07) is 15.2. The van der Waals surface area contributed by atoms with Crippen molar-refractivity contribution in [3.05, 3.63) is 86.5 Å². The van der Waals surface area contributed by atoms with Crippen molar-refractivity contribution in [2.24, 2.45) is 0 Å². The number of hydrogen-bond acceptors (Lipinski definition) is 4. The van der Waals surface area contributed by atoms with Crippen LogP contribution in [0.5, 0.6) is 0 Å². The normalized spacial score (nSPS) is 18.2. The van der Waals surface area contributed by atoms with E-state index in [0.717, 1.165) is 21.3 Å². The molecule has 0 saturated carbocycles. The molecule has 2 aliphatic rings. The van der Waals surface area contributed by atoms with Crippen molar-refractivity contribution >= 4 is 33.4 Å². The second-order valence-corrected chi connectivity index (χ2v) is 7.45. The Morgan fingerprint density at radius 3 is 2.44 bits per heavy atom. The minimum Gasteiger partial charge on any atom is -0.463 e. The third-order valence-electron chi connectivity index (χ3n) is 4.95. The minimum atomic E-state index is -0.465. The maximum Gasteiger partial charge on any atom is 0.336 e. The topological polar surface area (TPSA) is 55.4 Å². The number of fused-ring (bicyclic) bond motifs is 2. The van der Waals surface area contributed by atoms with Crippen LogP contribution >= 0.6 is 15.9 Å². The average molecular weight is 424 g/mol. The van der Waals surface area contributed by atoms with Gasteiger partial charge in [-0.1, -0.05) is 52.3 Å². The van der Waals surface area contributed by atoms with Crippen molar-refractivity contribution in [3.63, 3.8) is 0 Å². The number of halogens is 1. The van der Waals surface area contributed by atoms with Gasteiger partial charge in [0, 0.05) is 32.8 Å². The summed E-state index contributed by atoms with van der Waals surface area (Å²) in [5.41, 5.74) is 5.01. The SMILES string of the molecule is CCOC(=O)C1=C(C)NC2=C(C(=O)c3ccccc32)[C@H]1c1ccc(Br)cc1. The van der Waals surface area contributed by atoms with Gasteiger partial charge >= 0.3 is 5.97 Å². The number of hydrogen-bond donors (Lipinski definition) is 1. The van der Waals surface area contributed by atoms with Crippen molar-refractivity contribution in [2.75, 3.05) is 6.61 Å². The molecule has 1 atom stereocenters. The molecule has 2 aromatic rings. The van der Waals surface area contributed by atoms with E-state index in [1.807, 2.05) is 55.5 Å². The van der Waals surface area contributed by atoms with E-state index in [0.29, 0.717) is 22.4 Å². The Bertz CT molecular complexity index is 1020. The van der Waals surface area contributed by atoms with Gasteiger partial charge in [0.15, 0.2) is 5.78 Å². The first-order chi connectivity index (χ1) is 13.0. The Morgan fingerprint density at radius 1 is 1.11 bits per heavy atom. The second-order valence-electron chi connectivity index (χ2n) is 6.53. The lowest BCUT2D eigenvalue weighted by atomic mass is 9.80. The largest absolute Gasteiger partial charge is 0.463 e. The van der Waals surface area contributed by atoms with Crippen molar-refractivity contribution in [1.29, 1.82) is 0 Å². The van der Waals surface area contributed by atoms with Crippen molar-refractivity contribution < 1.29 is 14.3 Å².